The molecule has 286 valence electrons. The van der Waals surface area contributed by atoms with Crippen molar-refractivity contribution >= 4 is 27.8 Å². The minimum atomic E-state index is -0.537. The van der Waals surface area contributed by atoms with Crippen molar-refractivity contribution in [1.82, 2.24) is 0 Å². The van der Waals surface area contributed by atoms with Crippen LogP contribution in [0.1, 0.15) is 22.3 Å². The average molecular weight is 780 g/mol. The molecule has 0 fully saturated rings. The van der Waals surface area contributed by atoms with Gasteiger partial charge in [0.25, 0.3) is 0 Å². The number of benzene rings is 10. The number of halogens is 1. The first-order chi connectivity index (χ1) is 30.2. The number of hydrogen-bond donors (Lipinski definition) is 0. The van der Waals surface area contributed by atoms with Crippen molar-refractivity contribution in [1.29, 1.82) is 0 Å². The predicted molar refractivity (Wildman–Crippen MR) is 251 cm³/mol. The second-order valence-corrected chi connectivity index (χ2v) is 16.1. The summed E-state index contributed by atoms with van der Waals surface area (Å²) in [6.07, 6.45) is 0. The van der Waals surface area contributed by atoms with E-state index in [2.05, 4.69) is 211 Å². The van der Waals surface area contributed by atoms with Crippen LogP contribution in [0.4, 0.5) is 21.5 Å². The molecule has 1 nitrogen and oxygen atoms in total. The van der Waals surface area contributed by atoms with Crippen LogP contribution in [-0.4, -0.2) is 0 Å². The van der Waals surface area contributed by atoms with Gasteiger partial charge in [-0.1, -0.05) is 188 Å². The minimum Gasteiger partial charge on any atom is -0.310 e. The molecule has 10 aromatic rings. The van der Waals surface area contributed by atoms with Crippen LogP contribution in [0.5, 0.6) is 0 Å². The van der Waals surface area contributed by atoms with Gasteiger partial charge in [0.05, 0.1) is 11.1 Å². The van der Waals surface area contributed by atoms with E-state index < -0.39 is 5.41 Å². The lowest BCUT2D eigenvalue weighted by Gasteiger charge is -2.36. The van der Waals surface area contributed by atoms with E-state index in [1.165, 1.54) is 61.7 Å². The third-order valence-corrected chi connectivity index (χ3v) is 12.9. The molecule has 12 rings (SSSR count). The van der Waals surface area contributed by atoms with E-state index in [0.717, 1.165) is 50.1 Å². The molecule has 0 saturated heterocycles. The summed E-state index contributed by atoms with van der Waals surface area (Å²) in [4.78, 5) is 2.47. The fourth-order valence-electron chi connectivity index (χ4n) is 10.5. The summed E-state index contributed by atoms with van der Waals surface area (Å²) in [7, 11) is 0. The molecule has 2 aliphatic rings. The van der Waals surface area contributed by atoms with Crippen LogP contribution < -0.4 is 4.90 Å². The molecule has 10 aromatic carbocycles. The van der Waals surface area contributed by atoms with Gasteiger partial charge in [-0.25, -0.2) is 4.39 Å². The topological polar surface area (TPSA) is 3.24 Å². The molecular formula is C59H38FN. The molecular weight excluding hydrogens is 742 g/mol. The van der Waals surface area contributed by atoms with Crippen LogP contribution in [0.25, 0.3) is 66.4 Å². The van der Waals surface area contributed by atoms with Crippen molar-refractivity contribution in [2.24, 2.45) is 0 Å². The number of anilines is 3. The van der Waals surface area contributed by atoms with Gasteiger partial charge in [-0.15, -0.1) is 0 Å². The molecule has 0 atom stereocenters. The summed E-state index contributed by atoms with van der Waals surface area (Å²) in [6.45, 7) is 0. The first-order valence-corrected chi connectivity index (χ1v) is 20.9. The third-order valence-electron chi connectivity index (χ3n) is 12.9. The van der Waals surface area contributed by atoms with E-state index in [1.54, 1.807) is 12.1 Å². The monoisotopic (exact) mass is 779 g/mol. The Morgan fingerprint density at radius 2 is 0.803 bits per heavy atom. The van der Waals surface area contributed by atoms with Crippen LogP contribution in [0.15, 0.2) is 231 Å². The summed E-state index contributed by atoms with van der Waals surface area (Å²) < 4.78 is 14.7. The Morgan fingerprint density at radius 1 is 0.328 bits per heavy atom. The highest BCUT2D eigenvalue weighted by Gasteiger charge is 2.53. The van der Waals surface area contributed by atoms with Gasteiger partial charge in [-0.05, 0) is 126 Å². The van der Waals surface area contributed by atoms with Crippen LogP contribution in [0.2, 0.25) is 0 Å². The number of fused-ring (bicyclic) bond motifs is 11. The van der Waals surface area contributed by atoms with E-state index in [4.69, 9.17) is 0 Å². The van der Waals surface area contributed by atoms with E-state index in [0.29, 0.717) is 0 Å². The zero-order valence-corrected chi connectivity index (χ0v) is 33.3. The van der Waals surface area contributed by atoms with Gasteiger partial charge in [-0.2, -0.15) is 0 Å². The molecule has 0 unspecified atom stereocenters. The molecule has 0 amide bonds. The number of nitrogens with zero attached hydrogens (tertiary/aromatic N) is 1. The number of hydrogen-bond acceptors (Lipinski definition) is 1. The summed E-state index contributed by atoms with van der Waals surface area (Å²) in [5, 5.41) is 2.21. The van der Waals surface area contributed by atoms with E-state index in [1.807, 2.05) is 6.07 Å². The first kappa shape index (κ1) is 35.2. The van der Waals surface area contributed by atoms with Crippen molar-refractivity contribution in [3.63, 3.8) is 0 Å². The Morgan fingerprint density at radius 3 is 1.44 bits per heavy atom. The largest absolute Gasteiger partial charge is 0.310 e. The maximum atomic E-state index is 14.7. The smallest absolute Gasteiger partial charge is 0.123 e. The molecule has 0 bridgehead atoms. The van der Waals surface area contributed by atoms with Crippen molar-refractivity contribution < 1.29 is 4.39 Å². The van der Waals surface area contributed by atoms with Crippen LogP contribution >= 0.6 is 0 Å². The lowest BCUT2D eigenvalue weighted by atomic mass is 9.70. The highest BCUT2D eigenvalue weighted by atomic mass is 19.1. The standard InChI is InChI=1S/C59H38FN/c60-44-21-10-19-42(37-44)47-26-12-17-41-18-13-27-48(57(41)47)43-20-11-22-46(38-43)61(45-35-33-40(34-36-45)39-15-2-1-3-16-39)56-32-14-28-52-51-25-6-9-31-55(51)59(58(52)56)53-29-7-4-23-49(53)50-24-5-8-30-54(50)59/h1-38H. The lowest BCUT2D eigenvalue weighted by molar-refractivity contribution is 0.628. The SMILES string of the molecule is Fc1cccc(-c2cccc3cccc(-c4cccc(N(c5ccc(-c6ccccc6)cc5)c5cccc6c5C5(c7ccccc7-c7ccccc75)c5ccccc5-6)c4)c23)c1. The van der Waals surface area contributed by atoms with Crippen molar-refractivity contribution in [3.05, 3.63) is 259 Å². The Hall–Kier alpha value is -7.81. The average Bonchev–Trinajstić information content (AvgIpc) is 3.80. The van der Waals surface area contributed by atoms with Gasteiger partial charge in [0.15, 0.2) is 0 Å². The van der Waals surface area contributed by atoms with Crippen molar-refractivity contribution in [2.75, 3.05) is 4.90 Å². The normalized spacial score (nSPS) is 12.8. The molecule has 2 heteroatoms. The van der Waals surface area contributed by atoms with Crippen LogP contribution in [-0.2, 0) is 5.41 Å². The Bertz CT molecular complexity index is 3260. The Balaban J connectivity index is 1.13. The fourth-order valence-corrected chi connectivity index (χ4v) is 10.5. The second-order valence-electron chi connectivity index (χ2n) is 16.1. The Kier molecular flexibility index (Phi) is 8.01. The van der Waals surface area contributed by atoms with Gasteiger partial charge in [0.1, 0.15) is 5.82 Å². The van der Waals surface area contributed by atoms with E-state index in [-0.39, 0.29) is 5.82 Å². The zero-order valence-electron chi connectivity index (χ0n) is 33.3. The van der Waals surface area contributed by atoms with Crippen LogP contribution in [0, 0.1) is 5.82 Å². The van der Waals surface area contributed by atoms with Gasteiger partial charge < -0.3 is 4.90 Å². The minimum absolute atomic E-state index is 0.245. The van der Waals surface area contributed by atoms with Gasteiger partial charge in [0, 0.05) is 16.9 Å². The maximum Gasteiger partial charge on any atom is 0.123 e. The van der Waals surface area contributed by atoms with Gasteiger partial charge in [0.2, 0.25) is 0 Å². The highest BCUT2D eigenvalue weighted by molar-refractivity contribution is 6.07. The molecule has 0 radical (unpaired) electrons. The van der Waals surface area contributed by atoms with Gasteiger partial charge in [-0.3, -0.25) is 0 Å². The number of rotatable bonds is 6. The van der Waals surface area contributed by atoms with Gasteiger partial charge >= 0.3 is 0 Å². The van der Waals surface area contributed by atoms with Crippen molar-refractivity contribution in [3.8, 4) is 55.6 Å². The fraction of sp³-hybridized carbons (Fsp3) is 0.0169. The molecule has 0 saturated carbocycles. The molecule has 0 aliphatic heterocycles. The molecule has 0 N–H and O–H groups in total. The Labute approximate surface area is 355 Å². The maximum absolute atomic E-state index is 14.7. The highest BCUT2D eigenvalue weighted by Crippen LogP contribution is 2.65. The predicted octanol–water partition coefficient (Wildman–Crippen LogP) is 15.8. The quantitative estimate of drug-likeness (QED) is 0.162. The second kappa shape index (κ2) is 13.9. The molecule has 0 aromatic heterocycles. The van der Waals surface area contributed by atoms with E-state index >= 15 is 0 Å². The summed E-state index contributed by atoms with van der Waals surface area (Å²) in [6, 6.07) is 82.1. The summed E-state index contributed by atoms with van der Waals surface area (Å²) in [5.74, 6) is -0.245. The molecule has 0 heterocycles. The molecule has 1 spiro atoms. The van der Waals surface area contributed by atoms with Crippen molar-refractivity contribution in [2.45, 2.75) is 5.41 Å². The third kappa shape index (κ3) is 5.32. The van der Waals surface area contributed by atoms with E-state index in [9.17, 15) is 4.39 Å². The summed E-state index contributed by atoms with van der Waals surface area (Å²) in [5.41, 5.74) is 19.4. The van der Waals surface area contributed by atoms with Crippen LogP contribution in [0.3, 0.4) is 0 Å². The first-order valence-electron chi connectivity index (χ1n) is 20.9. The molecule has 2 aliphatic carbocycles. The zero-order chi connectivity index (χ0) is 40.5. The lowest BCUT2D eigenvalue weighted by Crippen LogP contribution is -2.28. The molecule has 61 heavy (non-hydrogen) atoms. The summed E-state index contributed by atoms with van der Waals surface area (Å²) >= 11 is 0.